The molecule has 0 saturated carbocycles. The number of carbonyl (C=O) groups excluding carboxylic acids is 1. The maximum absolute atomic E-state index is 11.5. The van der Waals surface area contributed by atoms with Crippen LogP contribution in [0.25, 0.3) is 0 Å². The number of rotatable bonds is 8. The molecule has 2 atom stereocenters. The van der Waals surface area contributed by atoms with Crippen molar-refractivity contribution in [3.8, 4) is 0 Å². The predicted molar refractivity (Wildman–Crippen MR) is 66.8 cm³/mol. The maximum Gasteiger partial charge on any atom is 0.140 e. The number of ketones is 1. The molecule has 0 bridgehead atoms. The number of hydrogen-bond acceptors (Lipinski definition) is 1. The van der Waals surface area contributed by atoms with Crippen molar-refractivity contribution in [2.24, 2.45) is 11.8 Å². The first-order valence-electron chi connectivity index (χ1n) is 5.86. The maximum atomic E-state index is 11.5. The summed E-state index contributed by atoms with van der Waals surface area (Å²) in [6.45, 7) is 14.2. The fourth-order valence-corrected chi connectivity index (χ4v) is 2.00. The number of Topliss-reactive ketones (excluding diaryl/α,β-unsaturated/α-hetero) is 1. The van der Waals surface area contributed by atoms with Crippen LogP contribution in [0.1, 0.15) is 46.5 Å². The van der Waals surface area contributed by atoms with Crippen molar-refractivity contribution >= 4 is 5.78 Å². The van der Waals surface area contributed by atoms with E-state index in [9.17, 15) is 4.79 Å². The summed E-state index contributed by atoms with van der Waals surface area (Å²) in [6.07, 6.45) is 4.88. The van der Waals surface area contributed by atoms with E-state index in [2.05, 4.69) is 33.9 Å². The minimum atomic E-state index is 0.233. The van der Waals surface area contributed by atoms with E-state index in [0.717, 1.165) is 18.4 Å². The molecule has 0 aromatic heterocycles. The summed E-state index contributed by atoms with van der Waals surface area (Å²) in [7, 11) is 0. The highest BCUT2D eigenvalue weighted by atomic mass is 16.1. The molecular formula is C14H24O. The summed E-state index contributed by atoms with van der Waals surface area (Å²) in [6, 6.07) is 0. The van der Waals surface area contributed by atoms with Gasteiger partial charge in [0, 0.05) is 12.8 Å². The topological polar surface area (TPSA) is 17.1 Å². The summed E-state index contributed by atoms with van der Waals surface area (Å²) in [4.78, 5) is 11.5. The molecule has 0 aliphatic heterocycles. The van der Waals surface area contributed by atoms with E-state index in [4.69, 9.17) is 0 Å². The molecule has 0 saturated heterocycles. The first-order chi connectivity index (χ1) is 7.06. The van der Waals surface area contributed by atoms with Crippen LogP contribution in [-0.2, 0) is 4.79 Å². The van der Waals surface area contributed by atoms with Gasteiger partial charge in [0.2, 0.25) is 0 Å². The lowest BCUT2D eigenvalue weighted by Gasteiger charge is -2.23. The molecule has 1 heteroatoms. The zero-order chi connectivity index (χ0) is 11.8. The highest BCUT2D eigenvalue weighted by Gasteiger charge is 2.18. The number of hydrogen-bond donors (Lipinski definition) is 0. The Labute approximate surface area is 94.3 Å². The first kappa shape index (κ1) is 14.2. The van der Waals surface area contributed by atoms with Crippen LogP contribution in [0, 0.1) is 11.8 Å². The van der Waals surface area contributed by atoms with Crippen molar-refractivity contribution in [1.29, 1.82) is 0 Å². The van der Waals surface area contributed by atoms with E-state index in [0.29, 0.717) is 24.7 Å². The number of carbonyl (C=O) groups is 1. The van der Waals surface area contributed by atoms with Crippen LogP contribution < -0.4 is 0 Å². The molecular weight excluding hydrogens is 184 g/mol. The van der Waals surface area contributed by atoms with E-state index in [1.54, 1.807) is 6.08 Å². The van der Waals surface area contributed by atoms with Crippen molar-refractivity contribution in [2.75, 3.05) is 0 Å². The molecule has 0 N–H and O–H groups in total. The Morgan fingerprint density at radius 1 is 1.33 bits per heavy atom. The van der Waals surface area contributed by atoms with Gasteiger partial charge in [0.15, 0.2) is 0 Å². The van der Waals surface area contributed by atoms with E-state index >= 15 is 0 Å². The molecule has 15 heavy (non-hydrogen) atoms. The second-order valence-corrected chi connectivity index (χ2v) is 4.27. The Hall–Kier alpha value is -0.850. The van der Waals surface area contributed by atoms with Gasteiger partial charge in [-0.3, -0.25) is 4.79 Å². The molecule has 0 aromatic rings. The smallest absolute Gasteiger partial charge is 0.140 e. The average molecular weight is 208 g/mol. The Morgan fingerprint density at radius 3 is 2.33 bits per heavy atom. The molecule has 0 aliphatic carbocycles. The van der Waals surface area contributed by atoms with E-state index in [1.807, 2.05) is 0 Å². The normalized spacial score (nSPS) is 14.3. The van der Waals surface area contributed by atoms with Crippen molar-refractivity contribution in [3.05, 3.63) is 24.8 Å². The molecule has 0 amide bonds. The lowest BCUT2D eigenvalue weighted by molar-refractivity contribution is -0.117. The van der Waals surface area contributed by atoms with Gasteiger partial charge in [-0.15, -0.1) is 6.58 Å². The van der Waals surface area contributed by atoms with E-state index in [-0.39, 0.29) is 5.78 Å². The molecule has 0 radical (unpaired) electrons. The zero-order valence-corrected chi connectivity index (χ0v) is 10.4. The lowest BCUT2D eigenvalue weighted by Crippen LogP contribution is -2.14. The Kier molecular flexibility index (Phi) is 7.02. The highest BCUT2D eigenvalue weighted by Crippen LogP contribution is 2.27. The Balaban J connectivity index is 4.27. The van der Waals surface area contributed by atoms with Crippen molar-refractivity contribution in [2.45, 2.75) is 46.5 Å². The summed E-state index contributed by atoms with van der Waals surface area (Å²) in [5, 5.41) is 0. The average Bonchev–Trinajstić information content (AvgIpc) is 2.18. The molecule has 0 aromatic carbocycles. The summed E-state index contributed by atoms with van der Waals surface area (Å²) >= 11 is 0. The molecule has 0 spiro atoms. The Bertz CT molecular complexity index is 227. The van der Waals surface area contributed by atoms with E-state index in [1.165, 1.54) is 0 Å². The summed E-state index contributed by atoms with van der Waals surface area (Å²) in [5.41, 5.74) is 1.10. The summed E-state index contributed by atoms with van der Waals surface area (Å²) in [5.74, 6) is 1.35. The lowest BCUT2D eigenvalue weighted by atomic mass is 9.82. The van der Waals surface area contributed by atoms with Crippen LogP contribution in [0.15, 0.2) is 24.8 Å². The largest absolute Gasteiger partial charge is 0.299 e. The standard InChI is InChI=1S/C14H24O/c1-6-9-13(15)10-12(5)14(8-3)11(4)7-2/h6,11,14H,1,5,7-10H2,2-4H3/t11-,14-/m1/s1. The zero-order valence-electron chi connectivity index (χ0n) is 10.4. The minimum absolute atomic E-state index is 0.233. The van der Waals surface area contributed by atoms with Crippen molar-refractivity contribution in [3.63, 3.8) is 0 Å². The molecule has 0 heterocycles. The van der Waals surface area contributed by atoms with Gasteiger partial charge in [-0.05, 0) is 18.3 Å². The van der Waals surface area contributed by atoms with Crippen LogP contribution in [0.3, 0.4) is 0 Å². The molecule has 1 nitrogen and oxygen atoms in total. The van der Waals surface area contributed by atoms with Gasteiger partial charge in [-0.25, -0.2) is 0 Å². The van der Waals surface area contributed by atoms with Crippen molar-refractivity contribution < 1.29 is 4.79 Å². The predicted octanol–water partition coefficient (Wildman–Crippen LogP) is 4.15. The third-order valence-corrected chi connectivity index (χ3v) is 3.09. The van der Waals surface area contributed by atoms with Crippen LogP contribution in [-0.4, -0.2) is 5.78 Å². The van der Waals surface area contributed by atoms with Gasteiger partial charge in [0.05, 0.1) is 0 Å². The molecule has 0 unspecified atom stereocenters. The van der Waals surface area contributed by atoms with Gasteiger partial charge in [-0.1, -0.05) is 45.4 Å². The van der Waals surface area contributed by atoms with Gasteiger partial charge in [0.1, 0.15) is 5.78 Å². The van der Waals surface area contributed by atoms with Crippen LogP contribution in [0.4, 0.5) is 0 Å². The molecule has 86 valence electrons. The van der Waals surface area contributed by atoms with E-state index < -0.39 is 0 Å². The van der Waals surface area contributed by atoms with Gasteiger partial charge >= 0.3 is 0 Å². The second kappa shape index (κ2) is 7.44. The van der Waals surface area contributed by atoms with Crippen LogP contribution >= 0.6 is 0 Å². The Morgan fingerprint density at radius 2 is 1.93 bits per heavy atom. The second-order valence-electron chi connectivity index (χ2n) is 4.27. The third-order valence-electron chi connectivity index (χ3n) is 3.09. The van der Waals surface area contributed by atoms with Gasteiger partial charge < -0.3 is 0 Å². The first-order valence-corrected chi connectivity index (χ1v) is 5.86. The summed E-state index contributed by atoms with van der Waals surface area (Å²) < 4.78 is 0. The minimum Gasteiger partial charge on any atom is -0.299 e. The fourth-order valence-electron chi connectivity index (χ4n) is 2.00. The quantitative estimate of drug-likeness (QED) is 0.548. The fraction of sp³-hybridized carbons (Fsp3) is 0.643. The molecule has 0 fully saturated rings. The van der Waals surface area contributed by atoms with Crippen molar-refractivity contribution in [1.82, 2.24) is 0 Å². The number of allylic oxidation sites excluding steroid dienone is 2. The highest BCUT2D eigenvalue weighted by molar-refractivity contribution is 5.82. The molecule has 0 rings (SSSR count). The molecule has 0 aliphatic rings. The monoisotopic (exact) mass is 208 g/mol. The SMILES string of the molecule is C=CCC(=O)CC(=C)[C@H](CC)[C@H](C)CC. The van der Waals surface area contributed by atoms with Gasteiger partial charge in [-0.2, -0.15) is 0 Å². The van der Waals surface area contributed by atoms with Crippen LogP contribution in [0.5, 0.6) is 0 Å². The van der Waals surface area contributed by atoms with Crippen LogP contribution in [0.2, 0.25) is 0 Å². The van der Waals surface area contributed by atoms with Gasteiger partial charge in [0.25, 0.3) is 0 Å². The third kappa shape index (κ3) is 4.96.